The van der Waals surface area contributed by atoms with Crippen LogP contribution in [0.15, 0.2) is 48.8 Å². The van der Waals surface area contributed by atoms with Crippen molar-refractivity contribution < 1.29 is 28.7 Å². The van der Waals surface area contributed by atoms with Crippen molar-refractivity contribution >= 4 is 34.9 Å². The summed E-state index contributed by atoms with van der Waals surface area (Å²) in [5.74, 6) is -0.589. The first-order chi connectivity index (χ1) is 18.2. The number of nitrogens with zero attached hydrogens (tertiary/aromatic N) is 4. The number of ether oxygens (including phenoxy) is 2. The number of pyridine rings is 2. The van der Waals surface area contributed by atoms with Gasteiger partial charge in [0.2, 0.25) is 11.8 Å². The molecule has 4 heterocycles. The fraction of sp³-hybridized carbons (Fsp3) is 0.357. The number of rotatable bonds is 4. The summed E-state index contributed by atoms with van der Waals surface area (Å²) in [5.41, 5.74) is 4.63. The van der Waals surface area contributed by atoms with Gasteiger partial charge in [-0.05, 0) is 48.3 Å². The second-order valence-electron chi connectivity index (χ2n) is 8.73. The lowest BCUT2D eigenvalue weighted by Gasteiger charge is -2.25. The molecule has 2 aliphatic heterocycles. The molecule has 0 saturated carbocycles. The average molecular weight is 521 g/mol. The highest BCUT2D eigenvalue weighted by Gasteiger charge is 2.18. The van der Waals surface area contributed by atoms with E-state index in [0.717, 1.165) is 35.4 Å². The van der Waals surface area contributed by atoms with Crippen LogP contribution < -0.4 is 0 Å². The monoisotopic (exact) mass is 520 g/mol. The Morgan fingerprint density at radius 3 is 1.39 bits per heavy atom. The van der Waals surface area contributed by atoms with Gasteiger partial charge in [-0.25, -0.2) is 9.59 Å². The maximum absolute atomic E-state index is 11.5. The largest absolute Gasteiger partial charge is 0.465 e. The first-order valence-corrected chi connectivity index (χ1v) is 12.2. The lowest BCUT2D eigenvalue weighted by atomic mass is 10.0. The van der Waals surface area contributed by atoms with Gasteiger partial charge < -0.3 is 19.3 Å². The van der Waals surface area contributed by atoms with Crippen LogP contribution in [-0.4, -0.2) is 83.9 Å². The zero-order valence-corrected chi connectivity index (χ0v) is 22.1. The van der Waals surface area contributed by atoms with Gasteiger partial charge in [0, 0.05) is 52.4 Å². The summed E-state index contributed by atoms with van der Waals surface area (Å²) in [6.45, 7) is 5.68. The third-order valence-corrected chi connectivity index (χ3v) is 6.33. The maximum atomic E-state index is 11.5. The number of carbonyl (C=O) groups is 4. The molecule has 200 valence electrons. The van der Waals surface area contributed by atoms with Crippen molar-refractivity contribution in [2.75, 3.05) is 40.4 Å². The highest BCUT2D eigenvalue weighted by Crippen LogP contribution is 2.22. The molecule has 38 heavy (non-hydrogen) atoms. The second kappa shape index (κ2) is 13.3. The standard InChI is InChI=1S/2C14H16N2O3/c2*1-10(17)16-7-4-11(5-8-16)13-9-12(3-6-15-13)14(18)19-2/h2*3-4,6,9H,5,7-8H2,1-2H3. The molecule has 10 heteroatoms. The van der Waals surface area contributed by atoms with Crippen LogP contribution >= 0.6 is 0 Å². The molecule has 10 nitrogen and oxygen atoms in total. The number of esters is 2. The Kier molecular flexibility index (Phi) is 9.86. The fourth-order valence-electron chi connectivity index (χ4n) is 4.08. The SMILES string of the molecule is COC(=O)c1ccnc(C2=CCN(C(C)=O)CC2)c1.COC(=O)c1ccnc(C2=CCN(C(C)=O)CC2)c1. The van der Waals surface area contributed by atoms with E-state index < -0.39 is 0 Å². The molecular formula is C28H32N4O6. The van der Waals surface area contributed by atoms with E-state index in [1.165, 1.54) is 14.2 Å². The van der Waals surface area contributed by atoms with Crippen LogP contribution in [0, 0.1) is 0 Å². The molecule has 2 aromatic heterocycles. The number of amides is 2. The predicted octanol–water partition coefficient (Wildman–Crippen LogP) is 3.01. The smallest absolute Gasteiger partial charge is 0.337 e. The van der Waals surface area contributed by atoms with E-state index in [-0.39, 0.29) is 23.8 Å². The number of carbonyl (C=O) groups excluding carboxylic acids is 4. The van der Waals surface area contributed by atoms with Gasteiger partial charge >= 0.3 is 11.9 Å². The molecule has 2 aliphatic rings. The molecular weight excluding hydrogens is 488 g/mol. The molecule has 0 spiro atoms. The molecule has 0 radical (unpaired) electrons. The topological polar surface area (TPSA) is 119 Å². The van der Waals surface area contributed by atoms with Gasteiger partial charge in [-0.15, -0.1) is 0 Å². The maximum Gasteiger partial charge on any atom is 0.337 e. The van der Waals surface area contributed by atoms with Crippen molar-refractivity contribution in [3.63, 3.8) is 0 Å². The Bertz CT molecular complexity index is 1170. The van der Waals surface area contributed by atoms with Crippen molar-refractivity contribution in [3.8, 4) is 0 Å². The molecule has 0 aliphatic carbocycles. The molecule has 2 amide bonds. The Hall–Kier alpha value is -4.34. The third-order valence-electron chi connectivity index (χ3n) is 6.33. The van der Waals surface area contributed by atoms with Crippen molar-refractivity contribution in [2.24, 2.45) is 0 Å². The minimum atomic E-state index is -0.370. The Balaban J connectivity index is 0.000000211. The summed E-state index contributed by atoms with van der Waals surface area (Å²) >= 11 is 0. The number of hydrogen-bond donors (Lipinski definition) is 0. The second-order valence-corrected chi connectivity index (χ2v) is 8.73. The fourth-order valence-corrected chi connectivity index (χ4v) is 4.08. The van der Waals surface area contributed by atoms with Crippen LogP contribution in [-0.2, 0) is 19.1 Å². The zero-order valence-electron chi connectivity index (χ0n) is 22.1. The van der Waals surface area contributed by atoms with E-state index >= 15 is 0 Å². The van der Waals surface area contributed by atoms with Gasteiger partial charge in [0.15, 0.2) is 0 Å². The number of hydrogen-bond acceptors (Lipinski definition) is 8. The van der Waals surface area contributed by atoms with Gasteiger partial charge in [-0.2, -0.15) is 0 Å². The van der Waals surface area contributed by atoms with E-state index in [9.17, 15) is 19.2 Å². The van der Waals surface area contributed by atoms with Gasteiger partial charge in [0.1, 0.15) is 0 Å². The molecule has 0 saturated heterocycles. The van der Waals surface area contributed by atoms with Crippen LogP contribution in [0.3, 0.4) is 0 Å². The van der Waals surface area contributed by atoms with E-state index in [0.29, 0.717) is 37.3 Å². The van der Waals surface area contributed by atoms with Crippen LogP contribution in [0.5, 0.6) is 0 Å². The summed E-state index contributed by atoms with van der Waals surface area (Å²) in [6, 6.07) is 6.70. The lowest BCUT2D eigenvalue weighted by Crippen LogP contribution is -2.32. The molecule has 4 rings (SSSR count). The van der Waals surface area contributed by atoms with Crippen molar-refractivity contribution in [3.05, 3.63) is 71.3 Å². The molecule has 2 aromatic rings. The molecule has 0 bridgehead atoms. The van der Waals surface area contributed by atoms with Crippen LogP contribution in [0.25, 0.3) is 11.1 Å². The quantitative estimate of drug-likeness (QED) is 0.565. The van der Waals surface area contributed by atoms with Gasteiger partial charge in [-0.3, -0.25) is 19.6 Å². The summed E-state index contributed by atoms with van der Waals surface area (Å²) in [5, 5.41) is 0. The highest BCUT2D eigenvalue weighted by atomic mass is 16.5. The van der Waals surface area contributed by atoms with E-state index in [1.807, 2.05) is 12.2 Å². The summed E-state index contributed by atoms with van der Waals surface area (Å²) in [6.07, 6.45) is 8.65. The minimum absolute atomic E-state index is 0.0755. The average Bonchev–Trinajstić information content (AvgIpc) is 2.96. The van der Waals surface area contributed by atoms with Crippen molar-refractivity contribution in [1.82, 2.24) is 19.8 Å². The Morgan fingerprint density at radius 2 is 1.11 bits per heavy atom. The number of methoxy groups -OCH3 is 2. The molecule has 0 fully saturated rings. The van der Waals surface area contributed by atoms with Crippen LogP contribution in [0.4, 0.5) is 0 Å². The zero-order chi connectivity index (χ0) is 27.7. The van der Waals surface area contributed by atoms with Gasteiger partial charge in [-0.1, -0.05) is 12.2 Å². The summed E-state index contributed by atoms with van der Waals surface area (Å²) in [7, 11) is 2.71. The third kappa shape index (κ3) is 7.34. The first-order valence-electron chi connectivity index (χ1n) is 12.2. The van der Waals surface area contributed by atoms with Crippen molar-refractivity contribution in [2.45, 2.75) is 26.7 Å². The van der Waals surface area contributed by atoms with E-state index in [2.05, 4.69) is 19.4 Å². The molecule has 0 N–H and O–H groups in total. The minimum Gasteiger partial charge on any atom is -0.465 e. The van der Waals surface area contributed by atoms with Crippen molar-refractivity contribution in [1.29, 1.82) is 0 Å². The van der Waals surface area contributed by atoms with Gasteiger partial charge in [0.05, 0.1) is 36.7 Å². The predicted molar refractivity (Wildman–Crippen MR) is 141 cm³/mol. The van der Waals surface area contributed by atoms with Gasteiger partial charge in [0.25, 0.3) is 0 Å². The summed E-state index contributed by atoms with van der Waals surface area (Å²) in [4.78, 5) is 57.5. The van der Waals surface area contributed by atoms with Crippen LogP contribution in [0.1, 0.15) is 58.8 Å². The van der Waals surface area contributed by atoms with E-state index in [1.54, 1.807) is 60.3 Å². The Morgan fingerprint density at radius 1 is 0.711 bits per heavy atom. The highest BCUT2D eigenvalue weighted by molar-refractivity contribution is 5.90. The number of aromatic nitrogens is 2. The van der Waals surface area contributed by atoms with E-state index in [4.69, 9.17) is 0 Å². The Labute approximate surface area is 222 Å². The lowest BCUT2D eigenvalue weighted by molar-refractivity contribution is -0.129. The van der Waals surface area contributed by atoms with Crippen LogP contribution in [0.2, 0.25) is 0 Å². The molecule has 0 aromatic carbocycles. The normalized spacial score (nSPS) is 14.8. The first kappa shape index (κ1) is 28.2. The summed E-state index contributed by atoms with van der Waals surface area (Å²) < 4.78 is 9.38. The molecule has 0 unspecified atom stereocenters. The molecule has 0 atom stereocenters.